The van der Waals surface area contributed by atoms with Crippen molar-refractivity contribution in [2.75, 3.05) is 18.9 Å². The minimum absolute atomic E-state index is 0.0313. The number of carbonyl (C=O) groups excluding carboxylic acids is 1. The number of nitrogens with one attached hydrogen (secondary N) is 1. The van der Waals surface area contributed by atoms with Crippen LogP contribution in [0.1, 0.15) is 16.8 Å². The predicted octanol–water partition coefficient (Wildman–Crippen LogP) is -0.363. The van der Waals surface area contributed by atoms with E-state index < -0.39 is 17.4 Å². The Bertz CT molecular complexity index is 466. The van der Waals surface area contributed by atoms with Crippen LogP contribution in [0.25, 0.3) is 0 Å². The first kappa shape index (κ1) is 12.3. The van der Waals surface area contributed by atoms with Gasteiger partial charge in [-0.3, -0.25) is 4.79 Å². The van der Waals surface area contributed by atoms with Crippen molar-refractivity contribution in [3.05, 3.63) is 23.9 Å². The molecule has 1 aromatic rings. The highest BCUT2D eigenvalue weighted by Gasteiger charge is 2.44. The van der Waals surface area contributed by atoms with Crippen LogP contribution >= 0.6 is 0 Å². The first-order valence-electron chi connectivity index (χ1n) is 5.39. The zero-order valence-electron chi connectivity index (χ0n) is 9.55. The van der Waals surface area contributed by atoms with Crippen LogP contribution in [0, 0.1) is 0 Å². The van der Waals surface area contributed by atoms with Crippen molar-refractivity contribution in [2.45, 2.75) is 12.0 Å². The van der Waals surface area contributed by atoms with E-state index >= 15 is 0 Å². The highest BCUT2D eigenvalue weighted by molar-refractivity contribution is 5.97. The molecule has 0 spiro atoms. The number of nitrogen functional groups attached to an aromatic ring is 1. The number of carboxylic acid groups (broad SMARTS) is 1. The number of hydrogen-bond donors (Lipinski definition) is 3. The van der Waals surface area contributed by atoms with Crippen LogP contribution in [0.4, 0.5) is 5.82 Å². The molecule has 1 fully saturated rings. The van der Waals surface area contributed by atoms with Gasteiger partial charge in [-0.05, 0) is 12.1 Å². The maximum Gasteiger partial charge on any atom is 0.331 e. The molecule has 18 heavy (non-hydrogen) atoms. The highest BCUT2D eigenvalue weighted by Crippen LogP contribution is 2.19. The number of carbonyl (C=O) groups is 2. The SMILES string of the molecule is Nc1ccc(C(=O)NC2(C(=O)O)CCOC2)cn1. The van der Waals surface area contributed by atoms with Crippen molar-refractivity contribution < 1.29 is 19.4 Å². The molecule has 1 amide bonds. The summed E-state index contributed by atoms with van der Waals surface area (Å²) >= 11 is 0. The fourth-order valence-corrected chi connectivity index (χ4v) is 1.71. The molecule has 1 atom stereocenters. The Hall–Kier alpha value is -2.15. The zero-order valence-corrected chi connectivity index (χ0v) is 9.55. The molecular formula is C11H13N3O4. The molecule has 7 heteroatoms. The van der Waals surface area contributed by atoms with E-state index in [1.165, 1.54) is 18.3 Å². The Balaban J connectivity index is 2.15. The number of hydrogen-bond acceptors (Lipinski definition) is 5. The largest absolute Gasteiger partial charge is 0.479 e. The average molecular weight is 251 g/mol. The second kappa shape index (κ2) is 4.61. The van der Waals surface area contributed by atoms with E-state index in [0.29, 0.717) is 12.4 Å². The summed E-state index contributed by atoms with van der Waals surface area (Å²) in [5.41, 5.74) is 4.32. The lowest BCUT2D eigenvalue weighted by molar-refractivity contribution is -0.144. The second-order valence-electron chi connectivity index (χ2n) is 4.12. The minimum Gasteiger partial charge on any atom is -0.479 e. The number of rotatable bonds is 3. The predicted molar refractivity (Wildman–Crippen MR) is 61.9 cm³/mol. The number of aliphatic carboxylic acids is 1. The van der Waals surface area contributed by atoms with Crippen LogP contribution < -0.4 is 11.1 Å². The van der Waals surface area contributed by atoms with Crippen LogP contribution in [0.3, 0.4) is 0 Å². The number of pyridine rings is 1. The van der Waals surface area contributed by atoms with Crippen LogP contribution in [-0.4, -0.2) is 40.7 Å². The van der Waals surface area contributed by atoms with Crippen LogP contribution in [0.5, 0.6) is 0 Å². The molecule has 1 aliphatic rings. The number of carboxylic acids is 1. The first-order chi connectivity index (χ1) is 8.53. The van der Waals surface area contributed by atoms with Gasteiger partial charge in [0.05, 0.1) is 12.2 Å². The summed E-state index contributed by atoms with van der Waals surface area (Å²) in [6.45, 7) is 0.281. The van der Waals surface area contributed by atoms with Gasteiger partial charge in [-0.1, -0.05) is 0 Å². The summed E-state index contributed by atoms with van der Waals surface area (Å²) in [4.78, 5) is 26.9. The Morgan fingerprint density at radius 3 is 2.78 bits per heavy atom. The van der Waals surface area contributed by atoms with Gasteiger partial charge in [-0.25, -0.2) is 9.78 Å². The Morgan fingerprint density at radius 2 is 2.28 bits per heavy atom. The van der Waals surface area contributed by atoms with Crippen molar-refractivity contribution in [1.29, 1.82) is 0 Å². The van der Waals surface area contributed by atoms with E-state index in [9.17, 15) is 14.7 Å². The van der Waals surface area contributed by atoms with Gasteiger partial charge in [0.1, 0.15) is 5.82 Å². The molecule has 96 valence electrons. The summed E-state index contributed by atoms with van der Waals surface area (Å²) < 4.78 is 5.05. The highest BCUT2D eigenvalue weighted by atomic mass is 16.5. The summed E-state index contributed by atoms with van der Waals surface area (Å²) in [5.74, 6) is -1.31. The standard InChI is InChI=1S/C11H13N3O4/c12-8-2-1-7(5-13-8)9(15)14-11(10(16)17)3-4-18-6-11/h1-2,5H,3-4,6H2,(H2,12,13)(H,14,15)(H,16,17). The molecule has 7 nitrogen and oxygen atoms in total. The third-order valence-corrected chi connectivity index (χ3v) is 2.83. The third kappa shape index (κ3) is 2.25. The zero-order chi connectivity index (χ0) is 13.2. The lowest BCUT2D eigenvalue weighted by atomic mass is 9.98. The fourth-order valence-electron chi connectivity index (χ4n) is 1.71. The Labute approximate surface area is 103 Å². The fraction of sp³-hybridized carbons (Fsp3) is 0.364. The molecule has 1 aliphatic heterocycles. The van der Waals surface area contributed by atoms with Crippen LogP contribution in [0.2, 0.25) is 0 Å². The molecule has 0 aliphatic carbocycles. The maximum atomic E-state index is 11.9. The first-order valence-corrected chi connectivity index (χ1v) is 5.39. The number of amides is 1. The van der Waals surface area contributed by atoms with E-state index in [2.05, 4.69) is 10.3 Å². The van der Waals surface area contributed by atoms with Gasteiger partial charge in [0.15, 0.2) is 5.54 Å². The molecule has 0 saturated carbocycles. The minimum atomic E-state index is -1.35. The quantitative estimate of drug-likeness (QED) is 0.675. The van der Waals surface area contributed by atoms with Gasteiger partial charge in [-0.15, -0.1) is 0 Å². The normalized spacial score (nSPS) is 22.7. The van der Waals surface area contributed by atoms with Crippen LogP contribution in [-0.2, 0) is 9.53 Å². The second-order valence-corrected chi connectivity index (χ2v) is 4.12. The molecule has 2 heterocycles. The number of aromatic nitrogens is 1. The average Bonchev–Trinajstić information content (AvgIpc) is 2.79. The summed E-state index contributed by atoms with van der Waals surface area (Å²) in [7, 11) is 0. The van der Waals surface area contributed by atoms with Gasteiger partial charge in [0.2, 0.25) is 0 Å². The van der Waals surface area contributed by atoms with E-state index in [1.54, 1.807) is 0 Å². The summed E-state index contributed by atoms with van der Waals surface area (Å²) in [6, 6.07) is 2.97. The van der Waals surface area contributed by atoms with E-state index in [-0.39, 0.29) is 18.6 Å². The molecule has 0 radical (unpaired) electrons. The molecule has 1 unspecified atom stereocenters. The summed E-state index contributed by atoms with van der Waals surface area (Å²) in [6.07, 6.45) is 1.55. The van der Waals surface area contributed by atoms with E-state index in [0.717, 1.165) is 0 Å². The molecular weight excluding hydrogens is 238 g/mol. The number of nitrogens with two attached hydrogens (primary N) is 1. The smallest absolute Gasteiger partial charge is 0.331 e. The van der Waals surface area contributed by atoms with Gasteiger partial charge in [-0.2, -0.15) is 0 Å². The maximum absolute atomic E-state index is 11.9. The molecule has 2 rings (SSSR count). The monoisotopic (exact) mass is 251 g/mol. The van der Waals surface area contributed by atoms with Gasteiger partial charge >= 0.3 is 5.97 Å². The molecule has 4 N–H and O–H groups in total. The molecule has 0 aromatic carbocycles. The van der Waals surface area contributed by atoms with Crippen molar-refractivity contribution >= 4 is 17.7 Å². The topological polar surface area (TPSA) is 115 Å². The van der Waals surface area contributed by atoms with Crippen molar-refractivity contribution in [2.24, 2.45) is 0 Å². The summed E-state index contributed by atoms with van der Waals surface area (Å²) in [5, 5.41) is 11.7. The number of anilines is 1. The Kier molecular flexibility index (Phi) is 3.15. The Morgan fingerprint density at radius 1 is 1.50 bits per heavy atom. The van der Waals surface area contributed by atoms with Crippen molar-refractivity contribution in [3.8, 4) is 0 Å². The van der Waals surface area contributed by atoms with Gasteiger partial charge < -0.3 is 20.9 Å². The lowest BCUT2D eigenvalue weighted by Gasteiger charge is -2.23. The van der Waals surface area contributed by atoms with E-state index in [4.69, 9.17) is 10.5 Å². The van der Waals surface area contributed by atoms with Gasteiger partial charge in [0.25, 0.3) is 5.91 Å². The van der Waals surface area contributed by atoms with E-state index in [1.807, 2.05) is 0 Å². The van der Waals surface area contributed by atoms with Crippen molar-refractivity contribution in [3.63, 3.8) is 0 Å². The van der Waals surface area contributed by atoms with Gasteiger partial charge in [0, 0.05) is 19.2 Å². The third-order valence-electron chi connectivity index (χ3n) is 2.83. The number of nitrogens with zero attached hydrogens (tertiary/aromatic N) is 1. The van der Waals surface area contributed by atoms with Crippen LogP contribution in [0.15, 0.2) is 18.3 Å². The molecule has 0 bridgehead atoms. The van der Waals surface area contributed by atoms with Crippen molar-refractivity contribution in [1.82, 2.24) is 10.3 Å². The lowest BCUT2D eigenvalue weighted by Crippen LogP contribution is -2.55. The number of ether oxygens (including phenoxy) is 1. The molecule has 1 aromatic heterocycles. The molecule has 1 saturated heterocycles.